The van der Waals surface area contributed by atoms with Crippen molar-refractivity contribution in [1.82, 2.24) is 10.2 Å². The summed E-state index contributed by atoms with van der Waals surface area (Å²) in [5.74, 6) is 0. The molecule has 2 rings (SSSR count). The van der Waals surface area contributed by atoms with E-state index in [2.05, 4.69) is 50.8 Å². The fourth-order valence-electron chi connectivity index (χ4n) is 2.34. The van der Waals surface area contributed by atoms with Gasteiger partial charge >= 0.3 is 0 Å². The summed E-state index contributed by atoms with van der Waals surface area (Å²) in [5.41, 5.74) is 1.44. The van der Waals surface area contributed by atoms with Gasteiger partial charge in [-0.1, -0.05) is 0 Å². The summed E-state index contributed by atoms with van der Waals surface area (Å²) in [5, 5.41) is 3.40. The van der Waals surface area contributed by atoms with Crippen molar-refractivity contribution in [3.63, 3.8) is 0 Å². The van der Waals surface area contributed by atoms with Crippen LogP contribution in [0, 0.1) is 0 Å². The number of thioether (sulfide) groups is 2. The van der Waals surface area contributed by atoms with E-state index in [4.69, 9.17) is 0 Å². The van der Waals surface area contributed by atoms with Gasteiger partial charge < -0.3 is 10.2 Å². The van der Waals surface area contributed by atoms with Crippen LogP contribution in [0.3, 0.4) is 0 Å². The normalized spacial score (nSPS) is 16.8. The number of nitrogens with one attached hydrogen (secondary N) is 1. The topological polar surface area (TPSA) is 15.3 Å². The molecule has 1 aromatic carbocycles. The van der Waals surface area contributed by atoms with Crippen LogP contribution in [0.1, 0.15) is 5.56 Å². The fraction of sp³-hybridized carbons (Fsp3) is 0.571. The molecule has 5 heteroatoms. The molecule has 1 aliphatic rings. The molecular formula is C14H21BrN2S2. The first-order valence-electron chi connectivity index (χ1n) is 6.58. The monoisotopic (exact) mass is 360 g/mol. The van der Waals surface area contributed by atoms with Crippen LogP contribution in [0.15, 0.2) is 26.4 Å². The minimum Gasteiger partial charge on any atom is -0.314 e. The van der Waals surface area contributed by atoms with Gasteiger partial charge in [0.1, 0.15) is 0 Å². The molecule has 0 aromatic heterocycles. The lowest BCUT2D eigenvalue weighted by molar-refractivity contribution is 0.244. The Morgan fingerprint density at radius 3 is 2.58 bits per heavy atom. The van der Waals surface area contributed by atoms with Crippen molar-refractivity contribution in [3.8, 4) is 0 Å². The van der Waals surface area contributed by atoms with Crippen molar-refractivity contribution < 1.29 is 0 Å². The molecule has 0 amide bonds. The summed E-state index contributed by atoms with van der Waals surface area (Å²) in [4.78, 5) is 5.29. The molecule has 1 heterocycles. The molecular weight excluding hydrogens is 340 g/mol. The van der Waals surface area contributed by atoms with Crippen molar-refractivity contribution in [2.45, 2.75) is 16.2 Å². The lowest BCUT2D eigenvalue weighted by atomic mass is 10.1. The minimum absolute atomic E-state index is 1.13. The van der Waals surface area contributed by atoms with Gasteiger partial charge in [-0.3, -0.25) is 0 Å². The highest BCUT2D eigenvalue weighted by Gasteiger charge is 2.11. The molecule has 0 atom stereocenters. The van der Waals surface area contributed by atoms with Gasteiger partial charge in [-0.25, -0.2) is 0 Å². The average Bonchev–Trinajstić information content (AvgIpc) is 2.45. The van der Waals surface area contributed by atoms with E-state index in [1.54, 1.807) is 0 Å². The van der Waals surface area contributed by atoms with Gasteiger partial charge in [0.2, 0.25) is 0 Å². The maximum absolute atomic E-state index is 3.71. The first kappa shape index (κ1) is 15.7. The highest BCUT2D eigenvalue weighted by molar-refractivity contribution is 9.10. The largest absolute Gasteiger partial charge is 0.314 e. The zero-order valence-electron chi connectivity index (χ0n) is 11.5. The Bertz CT molecular complexity index is 420. The zero-order chi connectivity index (χ0) is 13.7. The molecule has 0 bridgehead atoms. The fourth-order valence-corrected chi connectivity index (χ4v) is 5.04. The molecule has 0 saturated carbocycles. The Morgan fingerprint density at radius 2 is 1.95 bits per heavy atom. The van der Waals surface area contributed by atoms with Crippen LogP contribution in [0.2, 0.25) is 0 Å². The van der Waals surface area contributed by atoms with Gasteiger partial charge in [-0.15, -0.1) is 23.5 Å². The Hall–Kier alpha value is 0.320. The van der Waals surface area contributed by atoms with Crippen LogP contribution < -0.4 is 5.32 Å². The molecule has 0 unspecified atom stereocenters. The van der Waals surface area contributed by atoms with Crippen molar-refractivity contribution in [1.29, 1.82) is 0 Å². The highest BCUT2D eigenvalue weighted by Crippen LogP contribution is 2.35. The number of benzene rings is 1. The van der Waals surface area contributed by atoms with Crippen molar-refractivity contribution in [3.05, 3.63) is 22.2 Å². The van der Waals surface area contributed by atoms with E-state index in [-0.39, 0.29) is 0 Å². The van der Waals surface area contributed by atoms with E-state index in [1.807, 2.05) is 23.5 Å². The third kappa shape index (κ3) is 4.39. The number of rotatable bonds is 5. The lowest BCUT2D eigenvalue weighted by Crippen LogP contribution is -2.44. The van der Waals surface area contributed by atoms with Gasteiger partial charge in [0.25, 0.3) is 0 Å². The molecule has 1 aromatic rings. The summed E-state index contributed by atoms with van der Waals surface area (Å²) < 4.78 is 1.24. The van der Waals surface area contributed by atoms with E-state index in [9.17, 15) is 0 Å². The van der Waals surface area contributed by atoms with Crippen LogP contribution >= 0.6 is 39.5 Å². The molecule has 106 valence electrons. The second-order valence-corrected chi connectivity index (χ2v) is 7.17. The van der Waals surface area contributed by atoms with Crippen LogP contribution in [-0.4, -0.2) is 50.1 Å². The number of piperazine rings is 1. The van der Waals surface area contributed by atoms with E-state index >= 15 is 0 Å². The summed E-state index contributed by atoms with van der Waals surface area (Å²) >= 11 is 7.36. The standard InChI is InChI=1S/C14H21BrN2S2/c1-18-13-10-11(9-12(15)14(13)19-2)3-6-17-7-4-16-5-8-17/h9-10,16H,3-8H2,1-2H3. The maximum Gasteiger partial charge on any atom is 0.0348 e. The van der Waals surface area contributed by atoms with Gasteiger partial charge in [0.05, 0.1) is 0 Å². The first-order chi connectivity index (χ1) is 9.24. The van der Waals surface area contributed by atoms with E-state index in [0.29, 0.717) is 0 Å². The summed E-state index contributed by atoms with van der Waals surface area (Å²) in [6.07, 6.45) is 5.43. The van der Waals surface area contributed by atoms with Crippen molar-refractivity contribution >= 4 is 39.5 Å². The van der Waals surface area contributed by atoms with Crippen molar-refractivity contribution in [2.24, 2.45) is 0 Å². The Balaban J connectivity index is 2.01. The third-order valence-electron chi connectivity index (χ3n) is 3.42. The third-order valence-corrected chi connectivity index (χ3v) is 6.05. The van der Waals surface area contributed by atoms with E-state index < -0.39 is 0 Å². The number of hydrogen-bond donors (Lipinski definition) is 1. The van der Waals surface area contributed by atoms with Crippen molar-refractivity contribution in [2.75, 3.05) is 45.2 Å². The second-order valence-electron chi connectivity index (χ2n) is 4.65. The molecule has 0 aliphatic carbocycles. The molecule has 0 spiro atoms. The van der Waals surface area contributed by atoms with Crippen LogP contribution in [0.4, 0.5) is 0 Å². The predicted octanol–water partition coefficient (Wildman–Crippen LogP) is 3.34. The Kier molecular flexibility index (Phi) is 6.56. The molecule has 1 fully saturated rings. The van der Waals surface area contributed by atoms with Gasteiger partial charge in [-0.05, 0) is 52.6 Å². The minimum atomic E-state index is 1.13. The quantitative estimate of drug-likeness (QED) is 0.809. The van der Waals surface area contributed by atoms with E-state index in [1.165, 1.54) is 39.5 Å². The first-order valence-corrected chi connectivity index (χ1v) is 9.82. The molecule has 1 aliphatic heterocycles. The highest BCUT2D eigenvalue weighted by atomic mass is 79.9. The van der Waals surface area contributed by atoms with E-state index in [0.717, 1.165) is 19.5 Å². The maximum atomic E-state index is 3.71. The van der Waals surface area contributed by atoms with Gasteiger partial charge in [-0.2, -0.15) is 0 Å². The summed E-state index contributed by atoms with van der Waals surface area (Å²) in [7, 11) is 0. The SMILES string of the molecule is CSc1cc(CCN2CCNCC2)cc(Br)c1SC. The van der Waals surface area contributed by atoms with Gasteiger partial charge in [0.15, 0.2) is 0 Å². The van der Waals surface area contributed by atoms with Crippen LogP contribution in [-0.2, 0) is 6.42 Å². The number of halogens is 1. The molecule has 1 N–H and O–H groups in total. The molecule has 2 nitrogen and oxygen atoms in total. The number of nitrogens with zero attached hydrogens (tertiary/aromatic N) is 1. The number of hydrogen-bond acceptors (Lipinski definition) is 4. The molecule has 19 heavy (non-hydrogen) atoms. The van der Waals surface area contributed by atoms with Crippen LogP contribution in [0.25, 0.3) is 0 Å². The summed E-state index contributed by atoms with van der Waals surface area (Å²) in [6.45, 7) is 5.79. The Labute approximate surface area is 133 Å². The smallest absolute Gasteiger partial charge is 0.0348 e. The van der Waals surface area contributed by atoms with Gasteiger partial charge in [0, 0.05) is 47.0 Å². The molecule has 1 saturated heterocycles. The average molecular weight is 361 g/mol. The summed E-state index contributed by atoms with van der Waals surface area (Å²) in [6, 6.07) is 4.64. The zero-order valence-corrected chi connectivity index (χ0v) is 14.8. The second kappa shape index (κ2) is 7.93. The van der Waals surface area contributed by atoms with Crippen LogP contribution in [0.5, 0.6) is 0 Å². The Morgan fingerprint density at radius 1 is 1.21 bits per heavy atom. The predicted molar refractivity (Wildman–Crippen MR) is 90.7 cm³/mol. The molecule has 0 radical (unpaired) electrons. The lowest BCUT2D eigenvalue weighted by Gasteiger charge is -2.27.